The number of nitrogens with zero attached hydrogens (tertiary/aromatic N) is 1. The molecule has 4 aromatic rings. The maximum atomic E-state index is 12.9. The summed E-state index contributed by atoms with van der Waals surface area (Å²) in [6.45, 7) is 4.80. The standard InChI is InChI=1S/C28H26ClNO5/c1-16-20-11-19-14-30(23-12-22(29)24(32-3)13-25(23)33-4)15-34-26(19)17(2)27(20)35-28(31)21(16)10-18-8-6-5-7-9-18/h5-9,11-13H,10,14-15H2,1-4H3. The van der Waals surface area contributed by atoms with E-state index in [2.05, 4.69) is 11.0 Å². The van der Waals surface area contributed by atoms with Crippen molar-refractivity contribution in [2.24, 2.45) is 0 Å². The van der Waals surface area contributed by atoms with Crippen LogP contribution in [0.5, 0.6) is 17.2 Å². The number of halogens is 1. The second-order valence-electron chi connectivity index (χ2n) is 8.65. The molecule has 1 aliphatic heterocycles. The average Bonchev–Trinajstić information content (AvgIpc) is 2.87. The van der Waals surface area contributed by atoms with Crippen LogP contribution in [-0.4, -0.2) is 21.0 Å². The quantitative estimate of drug-likeness (QED) is 0.318. The SMILES string of the molecule is COc1cc(OC)c(N2COc3c(cc4c(C)c(Cc5ccccc5)c(=O)oc4c3C)C2)cc1Cl. The van der Waals surface area contributed by atoms with Crippen LogP contribution in [0.2, 0.25) is 5.02 Å². The highest BCUT2D eigenvalue weighted by molar-refractivity contribution is 6.32. The molecule has 180 valence electrons. The van der Waals surface area contributed by atoms with Crippen molar-refractivity contribution < 1.29 is 18.6 Å². The summed E-state index contributed by atoms with van der Waals surface area (Å²) < 4.78 is 22.9. The van der Waals surface area contributed by atoms with E-state index < -0.39 is 0 Å². The molecule has 0 saturated carbocycles. The van der Waals surface area contributed by atoms with Gasteiger partial charge in [0.2, 0.25) is 0 Å². The molecular weight excluding hydrogens is 466 g/mol. The molecular formula is C28H26ClNO5. The van der Waals surface area contributed by atoms with Crippen molar-refractivity contribution in [1.82, 2.24) is 0 Å². The summed E-state index contributed by atoms with van der Waals surface area (Å²) in [5.41, 5.74) is 5.55. The van der Waals surface area contributed by atoms with E-state index in [1.165, 1.54) is 0 Å². The highest BCUT2D eigenvalue weighted by Crippen LogP contribution is 2.42. The summed E-state index contributed by atoms with van der Waals surface area (Å²) in [6.07, 6.45) is 0.519. The Hall–Kier alpha value is -3.64. The van der Waals surface area contributed by atoms with Gasteiger partial charge in [-0.05, 0) is 37.1 Å². The summed E-state index contributed by atoms with van der Waals surface area (Å²) in [7, 11) is 3.18. The van der Waals surface area contributed by atoms with Crippen LogP contribution < -0.4 is 24.7 Å². The number of anilines is 1. The van der Waals surface area contributed by atoms with Crippen LogP contribution in [0.4, 0.5) is 5.69 Å². The third-order valence-electron chi connectivity index (χ3n) is 6.58. The summed E-state index contributed by atoms with van der Waals surface area (Å²) in [6, 6.07) is 15.6. The molecule has 35 heavy (non-hydrogen) atoms. The maximum Gasteiger partial charge on any atom is 0.340 e. The van der Waals surface area contributed by atoms with Crippen molar-refractivity contribution in [1.29, 1.82) is 0 Å². The molecule has 0 saturated heterocycles. The zero-order valence-corrected chi connectivity index (χ0v) is 20.9. The first-order chi connectivity index (χ1) is 16.9. The van der Waals surface area contributed by atoms with Gasteiger partial charge in [-0.3, -0.25) is 0 Å². The molecule has 0 unspecified atom stereocenters. The molecule has 7 heteroatoms. The van der Waals surface area contributed by atoms with E-state index in [4.69, 9.17) is 30.2 Å². The number of rotatable bonds is 5. The van der Waals surface area contributed by atoms with Crippen molar-refractivity contribution in [3.05, 3.63) is 91.8 Å². The van der Waals surface area contributed by atoms with E-state index in [0.717, 1.165) is 39.1 Å². The molecule has 3 aromatic carbocycles. The zero-order chi connectivity index (χ0) is 24.7. The van der Waals surface area contributed by atoms with Crippen molar-refractivity contribution in [3.63, 3.8) is 0 Å². The lowest BCUT2D eigenvalue weighted by Gasteiger charge is -2.33. The molecule has 0 fully saturated rings. The monoisotopic (exact) mass is 491 g/mol. The van der Waals surface area contributed by atoms with Gasteiger partial charge in [-0.15, -0.1) is 0 Å². The second kappa shape index (κ2) is 9.19. The van der Waals surface area contributed by atoms with Crippen molar-refractivity contribution in [2.75, 3.05) is 25.9 Å². The Kier molecular flexibility index (Phi) is 6.07. The fourth-order valence-corrected chi connectivity index (χ4v) is 4.93. The largest absolute Gasteiger partial charge is 0.495 e. The fourth-order valence-electron chi connectivity index (χ4n) is 4.69. The topological polar surface area (TPSA) is 61.1 Å². The van der Waals surface area contributed by atoms with Gasteiger partial charge in [0.1, 0.15) is 22.8 Å². The third-order valence-corrected chi connectivity index (χ3v) is 6.87. The zero-order valence-electron chi connectivity index (χ0n) is 20.1. The first-order valence-corrected chi connectivity index (χ1v) is 11.7. The lowest BCUT2D eigenvalue weighted by Crippen LogP contribution is -2.32. The van der Waals surface area contributed by atoms with Gasteiger partial charge in [0.25, 0.3) is 0 Å². The molecule has 1 aromatic heterocycles. The van der Waals surface area contributed by atoms with Crippen molar-refractivity contribution in [2.45, 2.75) is 26.8 Å². The number of ether oxygens (including phenoxy) is 3. The van der Waals surface area contributed by atoms with Crippen LogP contribution in [-0.2, 0) is 13.0 Å². The molecule has 1 aliphatic rings. The van der Waals surface area contributed by atoms with Gasteiger partial charge in [0.15, 0.2) is 6.73 Å². The summed E-state index contributed by atoms with van der Waals surface area (Å²) in [4.78, 5) is 15.0. The Labute approximate surface area is 208 Å². The Bertz CT molecular complexity index is 1480. The van der Waals surface area contributed by atoms with Crippen molar-refractivity contribution in [3.8, 4) is 17.2 Å². The van der Waals surface area contributed by atoms with Crippen LogP contribution >= 0.6 is 11.6 Å². The molecule has 2 heterocycles. The Morgan fingerprint density at radius 3 is 2.46 bits per heavy atom. The summed E-state index contributed by atoms with van der Waals surface area (Å²) in [5, 5.41) is 1.41. The number of hydrogen-bond donors (Lipinski definition) is 0. The Balaban J connectivity index is 1.58. The van der Waals surface area contributed by atoms with Crippen LogP contribution in [0.25, 0.3) is 11.0 Å². The van der Waals surface area contributed by atoms with Crippen LogP contribution in [0.1, 0.15) is 27.8 Å². The summed E-state index contributed by atoms with van der Waals surface area (Å²) in [5.74, 6) is 1.93. The number of hydrogen-bond acceptors (Lipinski definition) is 6. The Morgan fingerprint density at radius 1 is 1.00 bits per heavy atom. The van der Waals surface area contributed by atoms with E-state index in [9.17, 15) is 4.79 Å². The smallest absolute Gasteiger partial charge is 0.340 e. The lowest BCUT2D eigenvalue weighted by molar-refractivity contribution is 0.285. The lowest BCUT2D eigenvalue weighted by atomic mass is 9.96. The molecule has 6 nitrogen and oxygen atoms in total. The van der Waals surface area contributed by atoms with Gasteiger partial charge >= 0.3 is 5.63 Å². The minimum absolute atomic E-state index is 0.299. The fraction of sp³-hybridized carbons (Fsp3) is 0.250. The second-order valence-corrected chi connectivity index (χ2v) is 9.06. The number of fused-ring (bicyclic) bond motifs is 2. The molecule has 0 radical (unpaired) electrons. The van der Waals surface area contributed by atoms with Crippen LogP contribution in [0, 0.1) is 13.8 Å². The summed E-state index contributed by atoms with van der Waals surface area (Å²) >= 11 is 6.41. The van der Waals surface area contributed by atoms with Crippen molar-refractivity contribution >= 4 is 28.3 Å². The predicted octanol–water partition coefficient (Wildman–Crippen LogP) is 6.03. The Morgan fingerprint density at radius 2 is 1.74 bits per heavy atom. The normalized spacial score (nSPS) is 12.9. The molecule has 0 bridgehead atoms. The highest BCUT2D eigenvalue weighted by atomic mass is 35.5. The molecule has 0 amide bonds. The molecule has 5 rings (SSSR count). The number of aryl methyl sites for hydroxylation is 2. The number of benzene rings is 3. The van der Waals surface area contributed by atoms with Gasteiger partial charge < -0.3 is 23.5 Å². The highest BCUT2D eigenvalue weighted by Gasteiger charge is 2.26. The first-order valence-electron chi connectivity index (χ1n) is 11.3. The van der Waals surface area contributed by atoms with Gasteiger partial charge in [-0.1, -0.05) is 41.9 Å². The average molecular weight is 492 g/mol. The maximum absolute atomic E-state index is 12.9. The van der Waals surface area contributed by atoms with E-state index in [-0.39, 0.29) is 5.63 Å². The predicted molar refractivity (Wildman–Crippen MR) is 137 cm³/mol. The van der Waals surface area contributed by atoms with Gasteiger partial charge in [0.05, 0.1) is 31.5 Å². The van der Waals surface area contributed by atoms with E-state index >= 15 is 0 Å². The first kappa shape index (κ1) is 23.1. The third kappa shape index (κ3) is 4.08. The molecule has 0 N–H and O–H groups in total. The van der Waals surface area contributed by atoms with Gasteiger partial charge in [-0.25, -0.2) is 4.79 Å². The van der Waals surface area contributed by atoms with E-state index in [1.807, 2.05) is 50.2 Å². The minimum atomic E-state index is -0.308. The minimum Gasteiger partial charge on any atom is -0.495 e. The van der Waals surface area contributed by atoms with Crippen LogP contribution in [0.3, 0.4) is 0 Å². The van der Waals surface area contributed by atoms with E-state index in [0.29, 0.717) is 47.4 Å². The van der Waals surface area contributed by atoms with E-state index in [1.54, 1.807) is 20.3 Å². The molecule has 0 spiro atoms. The number of methoxy groups -OCH3 is 2. The van der Waals surface area contributed by atoms with Crippen LogP contribution in [0.15, 0.2) is 57.7 Å². The molecule has 0 aliphatic carbocycles. The van der Waals surface area contributed by atoms with Gasteiger partial charge in [0, 0.05) is 34.6 Å². The molecule has 0 atom stereocenters. The van der Waals surface area contributed by atoms with Gasteiger partial charge in [-0.2, -0.15) is 0 Å².